The summed E-state index contributed by atoms with van der Waals surface area (Å²) in [7, 11) is 0. The van der Waals surface area contributed by atoms with Gasteiger partial charge >= 0.3 is 5.97 Å². The molecule has 0 aromatic heterocycles. The van der Waals surface area contributed by atoms with Crippen molar-refractivity contribution in [3.05, 3.63) is 65.2 Å². The number of carbonyl (C=O) groups is 4. The molecule has 4 rings (SSSR count). The van der Waals surface area contributed by atoms with E-state index in [1.54, 1.807) is 24.3 Å². The maximum Gasteiger partial charge on any atom is 0.338 e. The van der Waals surface area contributed by atoms with E-state index in [1.165, 1.54) is 17.0 Å². The summed E-state index contributed by atoms with van der Waals surface area (Å²) in [5.74, 6) is -2.23. The first-order valence-corrected chi connectivity index (χ1v) is 12.1. The Balaban J connectivity index is 1.47. The van der Waals surface area contributed by atoms with E-state index in [0.29, 0.717) is 24.1 Å². The Morgan fingerprint density at radius 1 is 0.938 bits per heavy atom. The molecule has 8 heteroatoms. The van der Waals surface area contributed by atoms with Gasteiger partial charge in [0.05, 0.1) is 23.1 Å². The van der Waals surface area contributed by atoms with E-state index in [0.717, 1.165) is 5.56 Å². The summed E-state index contributed by atoms with van der Waals surface area (Å²) in [5.41, 5.74) is 2.00. The minimum absolute atomic E-state index is 0.118. The lowest BCUT2D eigenvalue weighted by molar-refractivity contribution is -0.122. The fourth-order valence-corrected chi connectivity index (χ4v) is 5.40. The quantitative estimate of drug-likeness (QED) is 0.233. The number of ether oxygens (including phenoxy) is 1. The number of hydrogen-bond donors (Lipinski definition) is 0. The second-order valence-corrected chi connectivity index (χ2v) is 10.5. The summed E-state index contributed by atoms with van der Waals surface area (Å²) in [5, 5.41) is 0. The highest BCUT2D eigenvalue weighted by Crippen LogP contribution is 2.44. The number of ketones is 1. The first-order valence-electron chi connectivity index (χ1n) is 10.3. The molecule has 1 saturated heterocycles. The van der Waals surface area contributed by atoms with Gasteiger partial charge in [-0.25, -0.2) is 4.79 Å². The second-order valence-electron chi connectivity index (χ2n) is 8.14. The largest absolute Gasteiger partial charge is 0.454 e. The standard InChI is InChI=1S/C24H21Br2NO5/c1-13-5-7-14(8-6-13)21(28)12-32-24(31)15-3-2-4-16(9-15)27-22(29)17-10-19(25)20(26)11-18(17)23(27)30/h2-9,17-20H,10-12H2,1H3/t17-,18-,19-,20+/m0/s1. The molecule has 0 unspecified atom stereocenters. The number of carbonyl (C=O) groups excluding carboxylic acids is 4. The highest BCUT2D eigenvalue weighted by atomic mass is 79.9. The maximum absolute atomic E-state index is 13.0. The molecule has 0 bridgehead atoms. The summed E-state index contributed by atoms with van der Waals surface area (Å²) >= 11 is 7.15. The summed E-state index contributed by atoms with van der Waals surface area (Å²) in [6, 6.07) is 13.2. The Labute approximate surface area is 202 Å². The molecule has 1 heterocycles. The molecule has 1 aliphatic heterocycles. The zero-order valence-corrected chi connectivity index (χ0v) is 20.5. The zero-order valence-electron chi connectivity index (χ0n) is 17.3. The van der Waals surface area contributed by atoms with Crippen LogP contribution in [-0.4, -0.2) is 39.8 Å². The third kappa shape index (κ3) is 4.43. The van der Waals surface area contributed by atoms with Crippen molar-refractivity contribution in [2.24, 2.45) is 11.8 Å². The lowest BCUT2D eigenvalue weighted by atomic mass is 9.81. The number of rotatable bonds is 5. The van der Waals surface area contributed by atoms with Crippen molar-refractivity contribution in [3.63, 3.8) is 0 Å². The molecular weight excluding hydrogens is 542 g/mol. The first-order chi connectivity index (χ1) is 15.3. The van der Waals surface area contributed by atoms with Crippen LogP contribution in [0, 0.1) is 18.8 Å². The normalized spacial score (nSPS) is 24.9. The van der Waals surface area contributed by atoms with Crippen molar-refractivity contribution in [1.29, 1.82) is 0 Å². The Bertz CT molecular complexity index is 1060. The van der Waals surface area contributed by atoms with E-state index in [4.69, 9.17) is 4.74 Å². The van der Waals surface area contributed by atoms with E-state index >= 15 is 0 Å². The van der Waals surface area contributed by atoms with Gasteiger partial charge in [-0.05, 0) is 38.0 Å². The number of Topliss-reactive ketones (excluding diaryl/α,β-unsaturated/α-hetero) is 1. The molecule has 6 nitrogen and oxygen atoms in total. The monoisotopic (exact) mass is 561 g/mol. The van der Waals surface area contributed by atoms with Gasteiger partial charge < -0.3 is 4.74 Å². The number of aryl methyl sites for hydroxylation is 1. The van der Waals surface area contributed by atoms with Gasteiger partial charge in [-0.2, -0.15) is 0 Å². The number of esters is 1. The molecule has 0 spiro atoms. The van der Waals surface area contributed by atoms with Crippen LogP contribution in [0.4, 0.5) is 5.69 Å². The van der Waals surface area contributed by atoms with Crippen molar-refractivity contribution in [3.8, 4) is 0 Å². The molecule has 2 aliphatic rings. The van der Waals surface area contributed by atoms with Crippen LogP contribution in [0.2, 0.25) is 0 Å². The topological polar surface area (TPSA) is 80.8 Å². The van der Waals surface area contributed by atoms with E-state index < -0.39 is 12.6 Å². The fourth-order valence-electron chi connectivity index (χ4n) is 4.16. The van der Waals surface area contributed by atoms with Crippen LogP contribution in [0.3, 0.4) is 0 Å². The number of anilines is 1. The lowest BCUT2D eigenvalue weighted by Crippen LogP contribution is -2.34. The van der Waals surface area contributed by atoms with Crippen molar-refractivity contribution in [2.45, 2.75) is 29.4 Å². The van der Waals surface area contributed by atoms with Crippen molar-refractivity contribution >= 4 is 61.1 Å². The van der Waals surface area contributed by atoms with Gasteiger partial charge in [0, 0.05) is 15.2 Å². The van der Waals surface area contributed by atoms with E-state index in [2.05, 4.69) is 31.9 Å². The molecule has 2 fully saturated rings. The van der Waals surface area contributed by atoms with E-state index in [9.17, 15) is 19.2 Å². The zero-order chi connectivity index (χ0) is 23.0. The molecular formula is C24H21Br2NO5. The lowest BCUT2D eigenvalue weighted by Gasteiger charge is -2.29. The third-order valence-electron chi connectivity index (χ3n) is 5.96. The molecule has 2 amide bonds. The summed E-state index contributed by atoms with van der Waals surface area (Å²) in [4.78, 5) is 52.2. The van der Waals surface area contributed by atoms with Crippen LogP contribution in [-0.2, 0) is 14.3 Å². The highest BCUT2D eigenvalue weighted by Gasteiger charge is 2.52. The van der Waals surface area contributed by atoms with Gasteiger partial charge in [0.2, 0.25) is 11.8 Å². The molecule has 0 radical (unpaired) electrons. The number of hydrogen-bond acceptors (Lipinski definition) is 5. The van der Waals surface area contributed by atoms with Crippen molar-refractivity contribution in [2.75, 3.05) is 11.5 Å². The highest BCUT2D eigenvalue weighted by molar-refractivity contribution is 9.12. The minimum atomic E-state index is -0.690. The Kier molecular flexibility index (Phi) is 6.62. The smallest absolute Gasteiger partial charge is 0.338 e. The molecule has 1 aliphatic carbocycles. The Morgan fingerprint density at radius 3 is 2.12 bits per heavy atom. The number of alkyl halides is 2. The third-order valence-corrected chi connectivity index (χ3v) is 8.69. The van der Waals surface area contributed by atoms with Gasteiger partial charge in [-0.1, -0.05) is 67.8 Å². The van der Waals surface area contributed by atoms with Gasteiger partial charge in [-0.3, -0.25) is 19.3 Å². The van der Waals surface area contributed by atoms with Crippen LogP contribution in [0.25, 0.3) is 0 Å². The minimum Gasteiger partial charge on any atom is -0.454 e. The number of fused-ring (bicyclic) bond motifs is 1. The molecule has 0 N–H and O–H groups in total. The molecule has 32 heavy (non-hydrogen) atoms. The second kappa shape index (κ2) is 9.27. The van der Waals surface area contributed by atoms with Gasteiger partial charge in [0.15, 0.2) is 12.4 Å². The first kappa shape index (κ1) is 22.9. The average molecular weight is 563 g/mol. The van der Waals surface area contributed by atoms with Crippen LogP contribution in [0.15, 0.2) is 48.5 Å². The average Bonchev–Trinajstić information content (AvgIpc) is 3.02. The molecule has 4 atom stereocenters. The molecule has 1 saturated carbocycles. The predicted molar refractivity (Wildman–Crippen MR) is 126 cm³/mol. The van der Waals surface area contributed by atoms with Crippen LogP contribution < -0.4 is 4.90 Å². The number of imide groups is 1. The number of amides is 2. The Hall–Kier alpha value is -2.32. The summed E-state index contributed by atoms with van der Waals surface area (Å²) in [6.45, 7) is 1.53. The molecule has 2 aromatic carbocycles. The number of nitrogens with zero attached hydrogens (tertiary/aromatic N) is 1. The summed E-state index contributed by atoms with van der Waals surface area (Å²) in [6.07, 6.45) is 1.15. The number of halogens is 2. The SMILES string of the molecule is Cc1ccc(C(=O)COC(=O)c2cccc(N3C(=O)[C@H]4C[C@@H](Br)[C@@H](Br)C[C@@H]4C3=O)c2)cc1. The van der Waals surface area contributed by atoms with Gasteiger partial charge in [0.1, 0.15) is 0 Å². The van der Waals surface area contributed by atoms with Crippen LogP contribution in [0.5, 0.6) is 0 Å². The molecule has 166 valence electrons. The summed E-state index contributed by atoms with van der Waals surface area (Å²) < 4.78 is 5.18. The van der Waals surface area contributed by atoms with Crippen LogP contribution in [0.1, 0.15) is 39.1 Å². The van der Waals surface area contributed by atoms with E-state index in [1.807, 2.05) is 19.1 Å². The molecule has 2 aromatic rings. The number of benzene rings is 2. The Morgan fingerprint density at radius 2 is 1.53 bits per heavy atom. The maximum atomic E-state index is 13.0. The predicted octanol–water partition coefficient (Wildman–Crippen LogP) is 4.46. The fraction of sp³-hybridized carbons (Fsp3) is 0.333. The van der Waals surface area contributed by atoms with Crippen molar-refractivity contribution < 1.29 is 23.9 Å². The van der Waals surface area contributed by atoms with Crippen molar-refractivity contribution in [1.82, 2.24) is 0 Å². The van der Waals surface area contributed by atoms with Crippen LogP contribution >= 0.6 is 31.9 Å². The van der Waals surface area contributed by atoms with Gasteiger partial charge in [-0.15, -0.1) is 0 Å². The van der Waals surface area contributed by atoms with E-state index in [-0.39, 0.29) is 44.7 Å². The van der Waals surface area contributed by atoms with Gasteiger partial charge in [0.25, 0.3) is 0 Å².